The van der Waals surface area contributed by atoms with Gasteiger partial charge in [-0.15, -0.1) is 0 Å². The lowest BCUT2D eigenvalue weighted by Crippen LogP contribution is -2.29. The van der Waals surface area contributed by atoms with Crippen LogP contribution in [0.4, 0.5) is 0 Å². The number of hydrogen-bond acceptors (Lipinski definition) is 2. The van der Waals surface area contributed by atoms with Crippen LogP contribution in [-0.2, 0) is 6.54 Å². The molecule has 0 bridgehead atoms. The highest BCUT2D eigenvalue weighted by Crippen LogP contribution is 2.36. The van der Waals surface area contributed by atoms with Crippen LogP contribution in [0.3, 0.4) is 0 Å². The fourth-order valence-corrected chi connectivity index (χ4v) is 2.41. The fraction of sp³-hybridized carbons (Fsp3) is 0.615. The lowest BCUT2D eigenvalue weighted by atomic mass is 9.89. The minimum atomic E-state index is 0.549. The van der Waals surface area contributed by atoms with Crippen LogP contribution < -0.4 is 5.32 Å². The van der Waals surface area contributed by atoms with Crippen LogP contribution in [-0.4, -0.2) is 11.5 Å². The summed E-state index contributed by atoms with van der Waals surface area (Å²) in [6.45, 7) is 4.52. The van der Waals surface area contributed by atoms with E-state index in [9.17, 15) is 0 Å². The van der Waals surface area contributed by atoms with E-state index in [4.69, 9.17) is 0 Å². The number of nitrogens with one attached hydrogen (secondary N) is 1. The van der Waals surface area contributed by atoms with Crippen LogP contribution in [0.1, 0.15) is 38.2 Å². The zero-order valence-electron chi connectivity index (χ0n) is 9.50. The maximum absolute atomic E-state index is 4.02. The summed E-state index contributed by atoms with van der Waals surface area (Å²) in [5, 5.41) is 3.56. The zero-order valence-corrected chi connectivity index (χ0v) is 9.50. The molecule has 1 aromatic heterocycles. The Hall–Kier alpha value is -0.890. The summed E-state index contributed by atoms with van der Waals surface area (Å²) in [5.41, 5.74) is 1.87. The predicted octanol–water partition coefficient (Wildman–Crippen LogP) is 2.75. The molecule has 1 heterocycles. The molecule has 2 heteroatoms. The van der Waals surface area contributed by atoms with Crippen LogP contribution in [0.15, 0.2) is 24.5 Å². The van der Waals surface area contributed by atoms with E-state index in [2.05, 4.69) is 29.4 Å². The zero-order chi connectivity index (χ0) is 10.6. The molecular weight excluding hydrogens is 184 g/mol. The van der Waals surface area contributed by atoms with Gasteiger partial charge in [-0.25, -0.2) is 0 Å². The molecule has 2 nitrogen and oxygen atoms in total. The second kappa shape index (κ2) is 4.75. The van der Waals surface area contributed by atoms with Crippen LogP contribution >= 0.6 is 0 Å². The second-order valence-electron chi connectivity index (χ2n) is 4.98. The quantitative estimate of drug-likeness (QED) is 0.815. The molecule has 1 aliphatic rings. The van der Waals surface area contributed by atoms with Gasteiger partial charge in [-0.05, 0) is 36.0 Å². The van der Waals surface area contributed by atoms with Crippen LogP contribution in [0.25, 0.3) is 0 Å². The molecule has 1 saturated carbocycles. The Balaban J connectivity index is 1.75. The molecule has 1 fully saturated rings. The first kappa shape index (κ1) is 10.6. The average Bonchev–Trinajstić information content (AvgIpc) is 2.67. The smallest absolute Gasteiger partial charge is 0.0271 e. The van der Waals surface area contributed by atoms with Crippen molar-refractivity contribution in [3.8, 4) is 0 Å². The minimum Gasteiger partial charge on any atom is -0.312 e. The Morgan fingerprint density at radius 1 is 1.27 bits per heavy atom. The molecule has 2 rings (SSSR count). The van der Waals surface area contributed by atoms with Crippen molar-refractivity contribution in [2.45, 2.75) is 39.2 Å². The summed E-state index contributed by atoms with van der Waals surface area (Å²) in [5.74, 6) is 0. The maximum atomic E-state index is 4.02. The lowest BCUT2D eigenvalue weighted by molar-refractivity contribution is 0.314. The molecule has 0 atom stereocenters. The molecule has 82 valence electrons. The first-order valence-corrected chi connectivity index (χ1v) is 5.88. The van der Waals surface area contributed by atoms with Crippen molar-refractivity contribution in [3.05, 3.63) is 30.1 Å². The van der Waals surface area contributed by atoms with Gasteiger partial charge in [0.1, 0.15) is 0 Å². The highest BCUT2D eigenvalue weighted by molar-refractivity contribution is 5.09. The van der Waals surface area contributed by atoms with Crippen LogP contribution in [0.5, 0.6) is 0 Å². The Labute approximate surface area is 92.1 Å². The van der Waals surface area contributed by atoms with Gasteiger partial charge in [-0.2, -0.15) is 0 Å². The summed E-state index contributed by atoms with van der Waals surface area (Å²) in [6, 6.07) is 4.15. The topological polar surface area (TPSA) is 24.9 Å². The van der Waals surface area contributed by atoms with Gasteiger partial charge in [0.05, 0.1) is 0 Å². The lowest BCUT2D eigenvalue weighted by Gasteiger charge is -2.23. The van der Waals surface area contributed by atoms with Crippen LogP contribution in [0, 0.1) is 5.41 Å². The maximum Gasteiger partial charge on any atom is 0.0271 e. The third-order valence-electron chi connectivity index (χ3n) is 3.44. The Kier molecular flexibility index (Phi) is 3.37. The Morgan fingerprint density at radius 2 is 1.93 bits per heavy atom. The fourth-order valence-electron chi connectivity index (χ4n) is 2.41. The van der Waals surface area contributed by atoms with E-state index in [-0.39, 0.29) is 0 Å². The van der Waals surface area contributed by atoms with Gasteiger partial charge in [0.15, 0.2) is 0 Å². The number of nitrogens with zero attached hydrogens (tertiary/aromatic N) is 1. The molecule has 0 saturated heterocycles. The molecular formula is C13H20N2. The SMILES string of the molecule is CC1(CNCc2ccncc2)CCCC1. The van der Waals surface area contributed by atoms with E-state index in [0.717, 1.165) is 13.1 Å². The molecule has 0 aliphatic heterocycles. The van der Waals surface area contributed by atoms with Crippen molar-refractivity contribution in [2.75, 3.05) is 6.54 Å². The summed E-state index contributed by atoms with van der Waals surface area (Å²) >= 11 is 0. The van der Waals surface area contributed by atoms with E-state index in [1.54, 1.807) is 0 Å². The van der Waals surface area contributed by atoms with Crippen molar-refractivity contribution >= 4 is 0 Å². The third-order valence-corrected chi connectivity index (χ3v) is 3.44. The first-order chi connectivity index (χ1) is 7.29. The van der Waals surface area contributed by atoms with E-state index in [0.29, 0.717) is 5.41 Å². The van der Waals surface area contributed by atoms with Gasteiger partial charge in [0, 0.05) is 25.5 Å². The van der Waals surface area contributed by atoms with Crippen molar-refractivity contribution < 1.29 is 0 Å². The Bertz CT molecular complexity index is 289. The standard InChI is InChI=1S/C13H20N2/c1-13(6-2-3-7-13)11-15-10-12-4-8-14-9-5-12/h4-5,8-9,15H,2-3,6-7,10-11H2,1H3. The van der Waals surface area contributed by atoms with Crippen LogP contribution in [0.2, 0.25) is 0 Å². The first-order valence-electron chi connectivity index (χ1n) is 5.88. The summed E-state index contributed by atoms with van der Waals surface area (Å²) < 4.78 is 0. The van der Waals surface area contributed by atoms with Gasteiger partial charge in [-0.1, -0.05) is 19.8 Å². The average molecular weight is 204 g/mol. The number of rotatable bonds is 4. The highest BCUT2D eigenvalue weighted by Gasteiger charge is 2.27. The van der Waals surface area contributed by atoms with E-state index < -0.39 is 0 Å². The minimum absolute atomic E-state index is 0.549. The molecule has 1 aromatic rings. The molecule has 1 aliphatic carbocycles. The summed E-state index contributed by atoms with van der Waals surface area (Å²) in [4.78, 5) is 4.02. The largest absolute Gasteiger partial charge is 0.312 e. The van der Waals surface area contributed by atoms with Crippen molar-refractivity contribution in [3.63, 3.8) is 0 Å². The van der Waals surface area contributed by atoms with Crippen molar-refractivity contribution in [1.29, 1.82) is 0 Å². The van der Waals surface area contributed by atoms with Gasteiger partial charge in [-0.3, -0.25) is 4.98 Å². The van der Waals surface area contributed by atoms with E-state index >= 15 is 0 Å². The number of pyridine rings is 1. The predicted molar refractivity (Wildman–Crippen MR) is 62.5 cm³/mol. The van der Waals surface area contributed by atoms with E-state index in [1.807, 2.05) is 12.4 Å². The normalized spacial score (nSPS) is 19.3. The van der Waals surface area contributed by atoms with Gasteiger partial charge >= 0.3 is 0 Å². The molecule has 0 unspecified atom stereocenters. The molecule has 0 spiro atoms. The monoisotopic (exact) mass is 204 g/mol. The molecule has 1 N–H and O–H groups in total. The molecule has 0 radical (unpaired) electrons. The summed E-state index contributed by atoms with van der Waals surface area (Å²) in [6.07, 6.45) is 9.30. The second-order valence-corrected chi connectivity index (χ2v) is 4.98. The van der Waals surface area contributed by atoms with Crippen molar-refractivity contribution in [1.82, 2.24) is 10.3 Å². The van der Waals surface area contributed by atoms with Crippen molar-refractivity contribution in [2.24, 2.45) is 5.41 Å². The molecule has 0 amide bonds. The number of hydrogen-bond donors (Lipinski definition) is 1. The summed E-state index contributed by atoms with van der Waals surface area (Å²) in [7, 11) is 0. The third kappa shape index (κ3) is 3.03. The molecule has 0 aromatic carbocycles. The van der Waals surface area contributed by atoms with E-state index in [1.165, 1.54) is 31.2 Å². The number of aromatic nitrogens is 1. The van der Waals surface area contributed by atoms with Gasteiger partial charge in [0.25, 0.3) is 0 Å². The van der Waals surface area contributed by atoms with Gasteiger partial charge < -0.3 is 5.32 Å². The Morgan fingerprint density at radius 3 is 2.60 bits per heavy atom. The molecule has 15 heavy (non-hydrogen) atoms. The van der Waals surface area contributed by atoms with Gasteiger partial charge in [0.2, 0.25) is 0 Å². The highest BCUT2D eigenvalue weighted by atomic mass is 14.9.